The molecule has 1 amide bonds. The summed E-state index contributed by atoms with van der Waals surface area (Å²) in [6, 6.07) is 19.4. The fourth-order valence-corrected chi connectivity index (χ4v) is 3.48. The standard InChI is InChI=1S/C25H19NO6/c27-24(26-17-6-9-21-23(12-17)30-11-10-29-21)15-31-18-7-8-19-22(13-18)32-14-20(25(19)28)16-4-2-1-3-5-16/h1-9,12-14H,10-11,15H2,(H,26,27). The summed E-state index contributed by atoms with van der Waals surface area (Å²) < 4.78 is 22.2. The zero-order valence-corrected chi connectivity index (χ0v) is 17.0. The number of rotatable bonds is 5. The van der Waals surface area contributed by atoms with E-state index >= 15 is 0 Å². The molecular formula is C25H19NO6. The van der Waals surface area contributed by atoms with Gasteiger partial charge in [-0.3, -0.25) is 9.59 Å². The van der Waals surface area contributed by atoms with Crippen molar-refractivity contribution in [3.8, 4) is 28.4 Å². The zero-order valence-electron chi connectivity index (χ0n) is 17.0. The summed E-state index contributed by atoms with van der Waals surface area (Å²) in [5.41, 5.74) is 2.13. The lowest BCUT2D eigenvalue weighted by Crippen LogP contribution is -2.20. The molecule has 2 heterocycles. The van der Waals surface area contributed by atoms with Gasteiger partial charge >= 0.3 is 0 Å². The lowest BCUT2D eigenvalue weighted by atomic mass is 10.1. The van der Waals surface area contributed by atoms with Crippen LogP contribution in [0.5, 0.6) is 17.2 Å². The van der Waals surface area contributed by atoms with Crippen LogP contribution in [0.4, 0.5) is 5.69 Å². The molecule has 0 saturated heterocycles. The molecule has 4 aromatic rings. The summed E-state index contributed by atoms with van der Waals surface area (Å²) in [7, 11) is 0. The molecule has 0 radical (unpaired) electrons. The average Bonchev–Trinajstić information content (AvgIpc) is 2.83. The fourth-order valence-electron chi connectivity index (χ4n) is 3.48. The largest absolute Gasteiger partial charge is 0.486 e. The van der Waals surface area contributed by atoms with Gasteiger partial charge in [0.25, 0.3) is 5.91 Å². The Kier molecular flexibility index (Phi) is 5.21. The van der Waals surface area contributed by atoms with E-state index in [2.05, 4.69) is 5.32 Å². The highest BCUT2D eigenvalue weighted by Gasteiger charge is 2.14. The molecule has 0 bridgehead atoms. The van der Waals surface area contributed by atoms with Crippen LogP contribution < -0.4 is 25.0 Å². The second-order valence-electron chi connectivity index (χ2n) is 7.20. The van der Waals surface area contributed by atoms with Crippen LogP contribution >= 0.6 is 0 Å². The van der Waals surface area contributed by atoms with Crippen LogP contribution in [-0.4, -0.2) is 25.7 Å². The highest BCUT2D eigenvalue weighted by atomic mass is 16.6. The van der Waals surface area contributed by atoms with E-state index in [4.69, 9.17) is 18.6 Å². The van der Waals surface area contributed by atoms with Gasteiger partial charge < -0.3 is 23.9 Å². The van der Waals surface area contributed by atoms with Crippen molar-refractivity contribution in [3.63, 3.8) is 0 Å². The molecule has 7 nitrogen and oxygen atoms in total. The molecule has 0 saturated carbocycles. The van der Waals surface area contributed by atoms with E-state index in [0.717, 1.165) is 5.56 Å². The predicted octanol–water partition coefficient (Wildman–Crippen LogP) is 4.25. The number of hydrogen-bond donors (Lipinski definition) is 1. The Morgan fingerprint density at radius 1 is 0.938 bits per heavy atom. The third kappa shape index (κ3) is 4.00. The summed E-state index contributed by atoms with van der Waals surface area (Å²) in [6.07, 6.45) is 1.44. The summed E-state index contributed by atoms with van der Waals surface area (Å²) in [5.74, 6) is 1.33. The zero-order chi connectivity index (χ0) is 21.9. The van der Waals surface area contributed by atoms with E-state index in [-0.39, 0.29) is 17.9 Å². The van der Waals surface area contributed by atoms with Crippen LogP contribution in [0.2, 0.25) is 0 Å². The van der Waals surface area contributed by atoms with Gasteiger partial charge in [0.2, 0.25) is 0 Å². The molecule has 160 valence electrons. The molecular weight excluding hydrogens is 410 g/mol. The SMILES string of the molecule is O=C(COc1ccc2c(=O)c(-c3ccccc3)coc2c1)Nc1ccc2c(c1)OCCO2. The first-order valence-corrected chi connectivity index (χ1v) is 10.1. The number of carbonyl (C=O) groups is 1. The van der Waals surface area contributed by atoms with Crippen molar-refractivity contribution in [2.45, 2.75) is 0 Å². The Bertz CT molecular complexity index is 1350. The smallest absolute Gasteiger partial charge is 0.262 e. The lowest BCUT2D eigenvalue weighted by Gasteiger charge is -2.19. The van der Waals surface area contributed by atoms with Gasteiger partial charge in [-0.25, -0.2) is 0 Å². The minimum Gasteiger partial charge on any atom is -0.486 e. The van der Waals surface area contributed by atoms with Crippen molar-refractivity contribution < 1.29 is 23.4 Å². The van der Waals surface area contributed by atoms with Gasteiger partial charge in [-0.15, -0.1) is 0 Å². The van der Waals surface area contributed by atoms with E-state index in [1.165, 1.54) is 6.26 Å². The number of nitrogens with one attached hydrogen (secondary N) is 1. The van der Waals surface area contributed by atoms with Gasteiger partial charge in [-0.2, -0.15) is 0 Å². The van der Waals surface area contributed by atoms with Crippen molar-refractivity contribution in [1.29, 1.82) is 0 Å². The molecule has 0 unspecified atom stereocenters. The minimum absolute atomic E-state index is 0.125. The van der Waals surface area contributed by atoms with Crippen LogP contribution in [0, 0.1) is 0 Å². The Balaban J connectivity index is 1.27. The summed E-state index contributed by atoms with van der Waals surface area (Å²) in [4.78, 5) is 25.1. The third-order valence-corrected chi connectivity index (χ3v) is 5.03. The van der Waals surface area contributed by atoms with E-state index in [1.54, 1.807) is 36.4 Å². The first kappa shape index (κ1) is 19.7. The molecule has 0 aliphatic carbocycles. The molecule has 0 atom stereocenters. The average molecular weight is 429 g/mol. The molecule has 32 heavy (non-hydrogen) atoms. The Labute approximate surface area is 183 Å². The van der Waals surface area contributed by atoms with Gasteiger partial charge in [0.1, 0.15) is 30.8 Å². The second-order valence-corrected chi connectivity index (χ2v) is 7.20. The van der Waals surface area contributed by atoms with Crippen molar-refractivity contribution in [2.75, 3.05) is 25.1 Å². The second kappa shape index (κ2) is 8.47. The van der Waals surface area contributed by atoms with Gasteiger partial charge in [0, 0.05) is 17.8 Å². The van der Waals surface area contributed by atoms with Crippen molar-refractivity contribution >= 4 is 22.6 Å². The van der Waals surface area contributed by atoms with E-state index in [1.807, 2.05) is 30.3 Å². The van der Waals surface area contributed by atoms with Crippen molar-refractivity contribution in [1.82, 2.24) is 0 Å². The van der Waals surface area contributed by atoms with Crippen LogP contribution in [0.3, 0.4) is 0 Å². The molecule has 1 N–H and O–H groups in total. The molecule has 1 aromatic heterocycles. The molecule has 3 aromatic carbocycles. The highest BCUT2D eigenvalue weighted by Crippen LogP contribution is 2.32. The maximum absolute atomic E-state index is 12.8. The van der Waals surface area contributed by atoms with Crippen LogP contribution in [0.25, 0.3) is 22.1 Å². The first-order chi connectivity index (χ1) is 15.7. The maximum atomic E-state index is 12.8. The summed E-state index contributed by atoms with van der Waals surface area (Å²) in [6.45, 7) is 0.775. The van der Waals surface area contributed by atoms with Gasteiger partial charge in [-0.1, -0.05) is 30.3 Å². The maximum Gasteiger partial charge on any atom is 0.262 e. The molecule has 1 aliphatic rings. The van der Waals surface area contributed by atoms with Gasteiger partial charge in [0.15, 0.2) is 23.5 Å². The molecule has 7 heteroatoms. The fraction of sp³-hybridized carbons (Fsp3) is 0.120. The molecule has 5 rings (SSSR count). The number of fused-ring (bicyclic) bond motifs is 2. The van der Waals surface area contributed by atoms with Crippen LogP contribution in [0.15, 0.2) is 82.2 Å². The molecule has 0 spiro atoms. The van der Waals surface area contributed by atoms with Crippen molar-refractivity contribution in [2.24, 2.45) is 0 Å². The molecule has 0 fully saturated rings. The minimum atomic E-state index is -0.331. The van der Waals surface area contributed by atoms with Crippen LogP contribution in [0.1, 0.15) is 0 Å². The number of ether oxygens (including phenoxy) is 3. The van der Waals surface area contributed by atoms with E-state index in [0.29, 0.717) is 52.7 Å². The number of benzene rings is 3. The predicted molar refractivity (Wildman–Crippen MR) is 119 cm³/mol. The highest BCUT2D eigenvalue weighted by molar-refractivity contribution is 5.92. The third-order valence-electron chi connectivity index (χ3n) is 5.03. The number of carbonyl (C=O) groups excluding carboxylic acids is 1. The van der Waals surface area contributed by atoms with Crippen LogP contribution in [-0.2, 0) is 4.79 Å². The topological polar surface area (TPSA) is 87.0 Å². The molecule has 1 aliphatic heterocycles. The number of hydrogen-bond acceptors (Lipinski definition) is 6. The Morgan fingerprint density at radius 3 is 2.59 bits per heavy atom. The van der Waals surface area contributed by atoms with E-state index in [9.17, 15) is 9.59 Å². The Morgan fingerprint density at radius 2 is 1.75 bits per heavy atom. The quantitative estimate of drug-likeness (QED) is 0.510. The Hall–Kier alpha value is -4.26. The number of anilines is 1. The number of amides is 1. The van der Waals surface area contributed by atoms with Gasteiger partial charge in [0.05, 0.1) is 10.9 Å². The summed E-state index contributed by atoms with van der Waals surface area (Å²) in [5, 5.41) is 3.21. The monoisotopic (exact) mass is 429 g/mol. The van der Waals surface area contributed by atoms with Crippen molar-refractivity contribution in [3.05, 3.63) is 83.2 Å². The lowest BCUT2D eigenvalue weighted by molar-refractivity contribution is -0.118. The van der Waals surface area contributed by atoms with E-state index < -0.39 is 0 Å². The normalized spacial score (nSPS) is 12.4. The van der Waals surface area contributed by atoms with Gasteiger partial charge in [-0.05, 0) is 29.8 Å². The summed E-state index contributed by atoms with van der Waals surface area (Å²) >= 11 is 0. The first-order valence-electron chi connectivity index (χ1n) is 10.1.